The maximum atomic E-state index is 6.12. The summed E-state index contributed by atoms with van der Waals surface area (Å²) in [4.78, 5) is 2.38. The lowest BCUT2D eigenvalue weighted by Gasteiger charge is -2.35. The molecule has 1 atom stereocenters. The Kier molecular flexibility index (Phi) is 7.35. The van der Waals surface area contributed by atoms with Crippen molar-refractivity contribution in [1.29, 1.82) is 0 Å². The van der Waals surface area contributed by atoms with Crippen LogP contribution in [-0.4, -0.2) is 37.2 Å². The normalized spacial score (nSPS) is 13.2. The van der Waals surface area contributed by atoms with E-state index < -0.39 is 0 Å². The SMILES string of the molecule is CC(C)C(NCCNc1ccccc1Cl)N(C)C(C)C. The summed E-state index contributed by atoms with van der Waals surface area (Å²) in [7, 11) is 2.17. The fourth-order valence-electron chi connectivity index (χ4n) is 2.19. The Balaban J connectivity index is 2.40. The van der Waals surface area contributed by atoms with Crippen LogP contribution in [0.15, 0.2) is 24.3 Å². The summed E-state index contributed by atoms with van der Waals surface area (Å²) in [6.45, 7) is 10.7. The van der Waals surface area contributed by atoms with Crippen molar-refractivity contribution in [1.82, 2.24) is 10.2 Å². The van der Waals surface area contributed by atoms with Gasteiger partial charge in [-0.15, -0.1) is 0 Å². The summed E-state index contributed by atoms with van der Waals surface area (Å²) in [5.41, 5.74) is 0.995. The lowest BCUT2D eigenvalue weighted by molar-refractivity contribution is 0.124. The molecule has 0 saturated carbocycles. The highest BCUT2D eigenvalue weighted by molar-refractivity contribution is 6.33. The molecule has 0 radical (unpaired) electrons. The Labute approximate surface area is 128 Å². The summed E-state index contributed by atoms with van der Waals surface area (Å²) in [5, 5.41) is 7.74. The Morgan fingerprint density at radius 1 is 1.10 bits per heavy atom. The molecule has 0 aliphatic carbocycles. The van der Waals surface area contributed by atoms with E-state index in [1.54, 1.807) is 0 Å². The van der Waals surface area contributed by atoms with E-state index >= 15 is 0 Å². The highest BCUT2D eigenvalue weighted by Gasteiger charge is 2.19. The van der Waals surface area contributed by atoms with Gasteiger partial charge < -0.3 is 5.32 Å². The van der Waals surface area contributed by atoms with E-state index in [0.29, 0.717) is 18.1 Å². The summed E-state index contributed by atoms with van der Waals surface area (Å²) in [5.74, 6) is 0.572. The number of para-hydroxylation sites is 1. The molecule has 0 aliphatic rings. The van der Waals surface area contributed by atoms with E-state index in [-0.39, 0.29) is 0 Å². The largest absolute Gasteiger partial charge is 0.383 e. The van der Waals surface area contributed by atoms with Crippen LogP contribution in [0.5, 0.6) is 0 Å². The van der Waals surface area contributed by atoms with E-state index in [1.165, 1.54) is 0 Å². The zero-order valence-electron chi connectivity index (χ0n) is 13.3. The summed E-state index contributed by atoms with van der Waals surface area (Å²) in [6, 6.07) is 8.37. The van der Waals surface area contributed by atoms with E-state index in [1.807, 2.05) is 24.3 Å². The second kappa shape index (κ2) is 8.50. The molecule has 3 nitrogen and oxygen atoms in total. The molecule has 4 heteroatoms. The zero-order valence-corrected chi connectivity index (χ0v) is 14.0. The van der Waals surface area contributed by atoms with Gasteiger partial charge in [-0.1, -0.05) is 37.6 Å². The Bertz CT molecular complexity index is 393. The molecule has 1 unspecified atom stereocenters. The smallest absolute Gasteiger partial charge is 0.0637 e. The molecule has 0 spiro atoms. The summed E-state index contributed by atoms with van der Waals surface area (Å²) < 4.78 is 0. The number of hydrogen-bond acceptors (Lipinski definition) is 3. The van der Waals surface area contributed by atoms with Crippen LogP contribution in [0.2, 0.25) is 5.02 Å². The van der Waals surface area contributed by atoms with Gasteiger partial charge in [-0.2, -0.15) is 0 Å². The van der Waals surface area contributed by atoms with E-state index in [9.17, 15) is 0 Å². The van der Waals surface area contributed by atoms with Crippen LogP contribution < -0.4 is 10.6 Å². The fourth-order valence-corrected chi connectivity index (χ4v) is 2.40. The minimum atomic E-state index is 0.392. The van der Waals surface area contributed by atoms with Crippen LogP contribution in [0.3, 0.4) is 0 Å². The second-order valence-corrected chi connectivity index (χ2v) is 6.22. The summed E-state index contributed by atoms with van der Waals surface area (Å²) in [6.07, 6.45) is 0.392. The number of anilines is 1. The molecule has 0 aromatic heterocycles. The Morgan fingerprint density at radius 2 is 1.75 bits per heavy atom. The number of rotatable bonds is 8. The second-order valence-electron chi connectivity index (χ2n) is 5.81. The molecule has 0 aliphatic heterocycles. The minimum Gasteiger partial charge on any atom is -0.383 e. The minimum absolute atomic E-state index is 0.392. The molecule has 0 heterocycles. The van der Waals surface area contributed by atoms with Crippen LogP contribution in [0.1, 0.15) is 27.7 Å². The molecular formula is C16H28ClN3. The van der Waals surface area contributed by atoms with Crippen molar-refractivity contribution >= 4 is 17.3 Å². The average Bonchev–Trinajstić information content (AvgIpc) is 2.39. The van der Waals surface area contributed by atoms with Gasteiger partial charge in [0.1, 0.15) is 0 Å². The van der Waals surface area contributed by atoms with Crippen molar-refractivity contribution in [3.8, 4) is 0 Å². The number of hydrogen-bond donors (Lipinski definition) is 2. The van der Waals surface area contributed by atoms with Gasteiger partial charge in [0.15, 0.2) is 0 Å². The first-order valence-corrected chi connectivity index (χ1v) is 7.75. The molecule has 0 saturated heterocycles. The lowest BCUT2D eigenvalue weighted by Crippen LogP contribution is -2.51. The molecule has 1 aromatic rings. The first-order chi connectivity index (χ1) is 9.43. The molecule has 2 N–H and O–H groups in total. The predicted molar refractivity (Wildman–Crippen MR) is 89.5 cm³/mol. The average molecular weight is 298 g/mol. The topological polar surface area (TPSA) is 27.3 Å². The first kappa shape index (κ1) is 17.3. The van der Waals surface area contributed by atoms with Crippen LogP contribution in [0.4, 0.5) is 5.69 Å². The monoisotopic (exact) mass is 297 g/mol. The van der Waals surface area contributed by atoms with Crippen LogP contribution in [-0.2, 0) is 0 Å². The maximum Gasteiger partial charge on any atom is 0.0637 e. The van der Waals surface area contributed by atoms with Crippen LogP contribution >= 0.6 is 11.6 Å². The molecule has 1 rings (SSSR count). The zero-order chi connectivity index (χ0) is 15.1. The summed E-state index contributed by atoms with van der Waals surface area (Å²) >= 11 is 6.12. The van der Waals surface area contributed by atoms with Crippen molar-refractivity contribution < 1.29 is 0 Å². The third-order valence-electron chi connectivity index (χ3n) is 3.55. The Hall–Kier alpha value is -0.770. The number of benzene rings is 1. The van der Waals surface area contributed by atoms with Crippen molar-refractivity contribution in [3.63, 3.8) is 0 Å². The maximum absolute atomic E-state index is 6.12. The Morgan fingerprint density at radius 3 is 2.30 bits per heavy atom. The van der Waals surface area contributed by atoms with Gasteiger partial charge >= 0.3 is 0 Å². The highest BCUT2D eigenvalue weighted by Crippen LogP contribution is 2.19. The van der Waals surface area contributed by atoms with E-state index in [4.69, 9.17) is 11.6 Å². The van der Waals surface area contributed by atoms with Gasteiger partial charge in [-0.05, 0) is 38.9 Å². The third-order valence-corrected chi connectivity index (χ3v) is 3.88. The van der Waals surface area contributed by atoms with Gasteiger partial charge in [0.2, 0.25) is 0 Å². The number of halogens is 1. The van der Waals surface area contributed by atoms with Gasteiger partial charge in [-0.3, -0.25) is 10.2 Å². The molecular weight excluding hydrogens is 270 g/mol. The molecule has 1 aromatic carbocycles. The van der Waals surface area contributed by atoms with E-state index in [0.717, 1.165) is 23.8 Å². The van der Waals surface area contributed by atoms with Gasteiger partial charge in [0, 0.05) is 19.1 Å². The molecule has 0 amide bonds. The first-order valence-electron chi connectivity index (χ1n) is 7.37. The molecule has 20 heavy (non-hydrogen) atoms. The van der Waals surface area contributed by atoms with Gasteiger partial charge in [0.25, 0.3) is 0 Å². The predicted octanol–water partition coefficient (Wildman–Crippen LogP) is 3.66. The quantitative estimate of drug-likeness (QED) is 0.566. The fraction of sp³-hybridized carbons (Fsp3) is 0.625. The number of nitrogens with zero attached hydrogens (tertiary/aromatic N) is 1. The van der Waals surface area contributed by atoms with Gasteiger partial charge in [0.05, 0.1) is 16.9 Å². The molecule has 0 fully saturated rings. The van der Waals surface area contributed by atoms with Crippen molar-refractivity contribution in [2.45, 2.75) is 39.9 Å². The van der Waals surface area contributed by atoms with E-state index in [2.05, 4.69) is 50.3 Å². The van der Waals surface area contributed by atoms with Crippen LogP contribution in [0.25, 0.3) is 0 Å². The molecule has 0 bridgehead atoms. The lowest BCUT2D eigenvalue weighted by atomic mass is 10.1. The third kappa shape index (κ3) is 5.31. The van der Waals surface area contributed by atoms with Crippen LogP contribution in [0, 0.1) is 5.92 Å². The van der Waals surface area contributed by atoms with Crippen molar-refractivity contribution in [3.05, 3.63) is 29.3 Å². The number of nitrogens with one attached hydrogen (secondary N) is 2. The van der Waals surface area contributed by atoms with Crippen molar-refractivity contribution in [2.75, 3.05) is 25.5 Å². The van der Waals surface area contributed by atoms with Crippen molar-refractivity contribution in [2.24, 2.45) is 5.92 Å². The highest BCUT2D eigenvalue weighted by atomic mass is 35.5. The standard InChI is InChI=1S/C16H28ClN3/c1-12(2)16(20(5)13(3)4)19-11-10-18-15-9-7-6-8-14(15)17/h6-9,12-13,16,18-19H,10-11H2,1-5H3. The van der Waals surface area contributed by atoms with Gasteiger partial charge in [-0.25, -0.2) is 0 Å². The molecule has 114 valence electrons.